The van der Waals surface area contributed by atoms with Crippen LogP contribution in [0.3, 0.4) is 0 Å². The molecule has 8 heteroatoms. The lowest BCUT2D eigenvalue weighted by Crippen LogP contribution is -2.56. The van der Waals surface area contributed by atoms with Crippen LogP contribution in [0.15, 0.2) is 70.1 Å². The fourth-order valence-corrected chi connectivity index (χ4v) is 4.55. The number of hydrogen-bond donors (Lipinski definition) is 0. The average molecular weight is 386 g/mol. The van der Waals surface area contributed by atoms with Gasteiger partial charge in [-0.25, -0.2) is 12.8 Å². The second kappa shape index (κ2) is 6.62. The normalized spacial score (nSPS) is 14.8. The first-order valence-electron chi connectivity index (χ1n) is 8.26. The van der Waals surface area contributed by atoms with Crippen LogP contribution in [0, 0.1) is 5.82 Å². The third-order valence-electron chi connectivity index (χ3n) is 4.50. The number of sulfone groups is 1. The number of hydrogen-bond acceptors (Lipinski definition) is 5. The van der Waals surface area contributed by atoms with Gasteiger partial charge < -0.3 is 9.42 Å². The molecule has 0 atom stereocenters. The van der Waals surface area contributed by atoms with E-state index in [0.29, 0.717) is 5.76 Å². The summed E-state index contributed by atoms with van der Waals surface area (Å²) < 4.78 is 43.3. The fraction of sp³-hybridized carbons (Fsp3) is 0.158. The Bertz CT molecular complexity index is 1070. The first kappa shape index (κ1) is 17.4. The molecule has 1 saturated heterocycles. The molecule has 1 aliphatic heterocycles. The van der Waals surface area contributed by atoms with Gasteiger partial charge in [0.2, 0.25) is 0 Å². The zero-order chi connectivity index (χ0) is 19.0. The number of amides is 1. The number of carbonyl (C=O) groups is 1. The molecule has 0 N–H and O–H groups in total. The summed E-state index contributed by atoms with van der Waals surface area (Å²) in [6, 6.07) is 15.5. The van der Waals surface area contributed by atoms with Crippen molar-refractivity contribution in [1.82, 2.24) is 10.1 Å². The molecule has 1 aromatic heterocycles. The third kappa shape index (κ3) is 3.23. The zero-order valence-electron chi connectivity index (χ0n) is 14.1. The summed E-state index contributed by atoms with van der Waals surface area (Å²) in [5.74, 6) is -0.416. The summed E-state index contributed by atoms with van der Waals surface area (Å²) in [7, 11) is -3.61. The summed E-state index contributed by atoms with van der Waals surface area (Å²) in [4.78, 5) is 13.9. The lowest BCUT2D eigenvalue weighted by atomic mass is 10.1. The third-order valence-corrected chi connectivity index (χ3v) is 6.61. The van der Waals surface area contributed by atoms with Crippen molar-refractivity contribution < 1.29 is 22.1 Å². The summed E-state index contributed by atoms with van der Waals surface area (Å²) in [5, 5.41) is 3.08. The molecule has 0 bridgehead atoms. The predicted octanol–water partition coefficient (Wildman–Crippen LogP) is 2.78. The number of aromatic nitrogens is 1. The van der Waals surface area contributed by atoms with E-state index in [1.807, 2.05) is 30.3 Å². The number of rotatable bonds is 4. The van der Waals surface area contributed by atoms with Crippen molar-refractivity contribution >= 4 is 15.7 Å². The van der Waals surface area contributed by atoms with Crippen LogP contribution in [-0.2, 0) is 9.84 Å². The van der Waals surface area contributed by atoms with E-state index in [-0.39, 0.29) is 29.6 Å². The number of nitrogens with zero attached hydrogens (tertiary/aromatic N) is 2. The van der Waals surface area contributed by atoms with Crippen LogP contribution in [0.1, 0.15) is 10.5 Å². The summed E-state index contributed by atoms with van der Waals surface area (Å²) in [6.07, 6.45) is 0. The van der Waals surface area contributed by atoms with Gasteiger partial charge in [0.25, 0.3) is 5.91 Å². The second-order valence-corrected chi connectivity index (χ2v) is 8.50. The van der Waals surface area contributed by atoms with Gasteiger partial charge in [0, 0.05) is 24.7 Å². The monoisotopic (exact) mass is 386 g/mol. The molecule has 0 spiro atoms. The van der Waals surface area contributed by atoms with Crippen LogP contribution < -0.4 is 0 Å². The van der Waals surface area contributed by atoms with Crippen molar-refractivity contribution in [3.63, 3.8) is 0 Å². The fourth-order valence-electron chi connectivity index (χ4n) is 2.89. The Morgan fingerprint density at radius 3 is 2.41 bits per heavy atom. The maximum atomic E-state index is 13.0. The van der Waals surface area contributed by atoms with Gasteiger partial charge in [-0.15, -0.1) is 0 Å². The topological polar surface area (TPSA) is 80.5 Å². The Balaban J connectivity index is 1.44. The SMILES string of the molecule is O=C(c1cc(-c2ccccc2)on1)N1CC(S(=O)(=O)c2ccc(F)cc2)C1. The summed E-state index contributed by atoms with van der Waals surface area (Å²) in [5.41, 5.74) is 0.927. The Hall–Kier alpha value is -3.00. The Morgan fingerprint density at radius 1 is 1.07 bits per heavy atom. The van der Waals surface area contributed by atoms with Gasteiger partial charge in [-0.05, 0) is 24.3 Å². The molecule has 0 aliphatic carbocycles. The second-order valence-electron chi connectivity index (χ2n) is 6.27. The highest BCUT2D eigenvalue weighted by Crippen LogP contribution is 2.26. The van der Waals surface area contributed by atoms with E-state index in [0.717, 1.165) is 17.7 Å². The van der Waals surface area contributed by atoms with Gasteiger partial charge in [-0.2, -0.15) is 0 Å². The van der Waals surface area contributed by atoms with E-state index in [1.54, 1.807) is 6.07 Å². The highest BCUT2D eigenvalue weighted by Gasteiger charge is 2.41. The van der Waals surface area contributed by atoms with Crippen molar-refractivity contribution in [3.05, 3.63) is 72.2 Å². The standard InChI is InChI=1S/C19H15FN2O4S/c20-14-6-8-15(9-7-14)27(24,25)16-11-22(12-16)19(23)17-10-18(26-21-17)13-4-2-1-3-5-13/h1-10,16H,11-12H2. The van der Waals surface area contributed by atoms with E-state index >= 15 is 0 Å². The number of benzene rings is 2. The van der Waals surface area contributed by atoms with Crippen LogP contribution in [0.5, 0.6) is 0 Å². The predicted molar refractivity (Wildman–Crippen MR) is 95.2 cm³/mol. The Labute approximate surface area is 155 Å². The minimum atomic E-state index is -3.61. The van der Waals surface area contributed by atoms with Crippen molar-refractivity contribution in [3.8, 4) is 11.3 Å². The lowest BCUT2D eigenvalue weighted by molar-refractivity contribution is 0.0648. The summed E-state index contributed by atoms with van der Waals surface area (Å²) in [6.45, 7) is 0.123. The largest absolute Gasteiger partial charge is 0.355 e. The molecule has 27 heavy (non-hydrogen) atoms. The van der Waals surface area contributed by atoms with Gasteiger partial charge in [0.1, 0.15) is 11.1 Å². The summed E-state index contributed by atoms with van der Waals surface area (Å²) >= 11 is 0. The highest BCUT2D eigenvalue weighted by molar-refractivity contribution is 7.92. The molecule has 4 rings (SSSR count). The molecule has 1 fully saturated rings. The first-order valence-corrected chi connectivity index (χ1v) is 9.80. The molecule has 2 aromatic carbocycles. The molecule has 1 aliphatic rings. The smallest absolute Gasteiger partial charge is 0.276 e. The van der Waals surface area contributed by atoms with Gasteiger partial charge in [-0.1, -0.05) is 35.5 Å². The van der Waals surface area contributed by atoms with Crippen molar-refractivity contribution in [2.45, 2.75) is 10.1 Å². The Kier molecular flexibility index (Phi) is 4.27. The van der Waals surface area contributed by atoms with Crippen LogP contribution in [0.4, 0.5) is 4.39 Å². The molecule has 138 valence electrons. The molecule has 0 radical (unpaired) electrons. The van der Waals surface area contributed by atoms with Gasteiger partial charge in [-0.3, -0.25) is 4.79 Å². The molecule has 0 saturated carbocycles. The minimum Gasteiger partial charge on any atom is -0.355 e. The van der Waals surface area contributed by atoms with Crippen LogP contribution >= 0.6 is 0 Å². The molecule has 6 nitrogen and oxygen atoms in total. The van der Waals surface area contributed by atoms with Crippen molar-refractivity contribution in [2.75, 3.05) is 13.1 Å². The average Bonchev–Trinajstić information content (AvgIpc) is 3.11. The van der Waals surface area contributed by atoms with E-state index < -0.39 is 20.9 Å². The maximum Gasteiger partial charge on any atom is 0.276 e. The van der Waals surface area contributed by atoms with E-state index in [2.05, 4.69) is 5.16 Å². The molecular formula is C19H15FN2O4S. The molecule has 3 aromatic rings. The zero-order valence-corrected chi connectivity index (χ0v) is 14.9. The quantitative estimate of drug-likeness (QED) is 0.644. The van der Waals surface area contributed by atoms with Crippen LogP contribution in [-0.4, -0.2) is 42.7 Å². The number of halogens is 1. The van der Waals surface area contributed by atoms with Crippen molar-refractivity contribution in [1.29, 1.82) is 0 Å². The molecule has 1 amide bonds. The van der Waals surface area contributed by atoms with Crippen LogP contribution in [0.25, 0.3) is 11.3 Å². The van der Waals surface area contributed by atoms with E-state index in [9.17, 15) is 17.6 Å². The lowest BCUT2D eigenvalue weighted by Gasteiger charge is -2.38. The highest BCUT2D eigenvalue weighted by atomic mass is 32.2. The minimum absolute atomic E-state index is 0.0498. The number of carbonyl (C=O) groups excluding carboxylic acids is 1. The van der Waals surface area contributed by atoms with E-state index in [1.165, 1.54) is 17.0 Å². The van der Waals surface area contributed by atoms with E-state index in [4.69, 9.17) is 4.52 Å². The molecular weight excluding hydrogens is 371 g/mol. The Morgan fingerprint density at radius 2 is 1.74 bits per heavy atom. The number of likely N-dealkylation sites (tertiary alicyclic amines) is 1. The van der Waals surface area contributed by atoms with Gasteiger partial charge in [0.15, 0.2) is 21.3 Å². The molecule has 2 heterocycles. The first-order chi connectivity index (χ1) is 12.9. The van der Waals surface area contributed by atoms with Gasteiger partial charge >= 0.3 is 0 Å². The van der Waals surface area contributed by atoms with Crippen molar-refractivity contribution in [2.24, 2.45) is 0 Å². The molecule has 0 unspecified atom stereocenters. The van der Waals surface area contributed by atoms with Gasteiger partial charge in [0.05, 0.1) is 4.90 Å². The maximum absolute atomic E-state index is 13.0. The van der Waals surface area contributed by atoms with Crippen LogP contribution in [0.2, 0.25) is 0 Å².